The summed E-state index contributed by atoms with van der Waals surface area (Å²) >= 11 is 1.75. The highest BCUT2D eigenvalue weighted by Crippen LogP contribution is 2.20. The second kappa shape index (κ2) is 6.23. The lowest BCUT2D eigenvalue weighted by Gasteiger charge is -2.13. The van der Waals surface area contributed by atoms with Crippen molar-refractivity contribution >= 4 is 11.3 Å². The normalized spacial score (nSPS) is 13.4. The minimum absolute atomic E-state index is 0.449. The van der Waals surface area contributed by atoms with Crippen LogP contribution in [0, 0.1) is 12.8 Å². The van der Waals surface area contributed by atoms with Crippen LogP contribution < -0.4 is 5.32 Å². The Bertz CT molecular complexity index is 281. The fraction of sp³-hybridized carbons (Fsp3) is 0.750. The molecule has 0 radical (unpaired) electrons. The molecule has 1 heterocycles. The number of thiazole rings is 1. The summed E-state index contributed by atoms with van der Waals surface area (Å²) in [5.41, 5.74) is 3.10. The standard InChI is InChI=1S/C12H22N2S/c1-9(2)6-5-7-13-10(3)12-11(4)14-8-15-12/h8-10,13H,5-7H2,1-4H3. The fourth-order valence-corrected chi connectivity index (χ4v) is 2.48. The Morgan fingerprint density at radius 1 is 1.40 bits per heavy atom. The molecule has 0 saturated carbocycles. The van der Waals surface area contributed by atoms with Gasteiger partial charge in [0.1, 0.15) is 0 Å². The lowest BCUT2D eigenvalue weighted by molar-refractivity contribution is 0.499. The average molecular weight is 226 g/mol. The van der Waals surface area contributed by atoms with E-state index in [-0.39, 0.29) is 0 Å². The summed E-state index contributed by atoms with van der Waals surface area (Å²) in [6, 6.07) is 0.449. The van der Waals surface area contributed by atoms with Crippen molar-refractivity contribution in [3.05, 3.63) is 16.1 Å². The molecule has 0 fully saturated rings. The van der Waals surface area contributed by atoms with Crippen LogP contribution in [-0.2, 0) is 0 Å². The second-order valence-electron chi connectivity index (χ2n) is 4.51. The highest BCUT2D eigenvalue weighted by Gasteiger charge is 2.09. The predicted octanol–water partition coefficient (Wildman–Crippen LogP) is 3.54. The van der Waals surface area contributed by atoms with E-state index in [2.05, 4.69) is 38.0 Å². The van der Waals surface area contributed by atoms with Gasteiger partial charge in [-0.05, 0) is 39.2 Å². The third-order valence-electron chi connectivity index (χ3n) is 2.58. The third kappa shape index (κ3) is 4.31. The topological polar surface area (TPSA) is 24.9 Å². The van der Waals surface area contributed by atoms with Crippen molar-refractivity contribution in [2.45, 2.75) is 46.6 Å². The van der Waals surface area contributed by atoms with Crippen LogP contribution in [0.25, 0.3) is 0 Å². The molecule has 0 bridgehead atoms. The van der Waals surface area contributed by atoms with Crippen LogP contribution in [0.2, 0.25) is 0 Å². The average Bonchev–Trinajstić information content (AvgIpc) is 2.58. The lowest BCUT2D eigenvalue weighted by atomic mass is 10.1. The van der Waals surface area contributed by atoms with Crippen LogP contribution in [0.5, 0.6) is 0 Å². The number of aromatic nitrogens is 1. The first kappa shape index (κ1) is 12.7. The zero-order valence-corrected chi connectivity index (χ0v) is 11.0. The van der Waals surface area contributed by atoms with Gasteiger partial charge in [-0.25, -0.2) is 4.98 Å². The Kier molecular flexibility index (Phi) is 5.26. The van der Waals surface area contributed by atoms with E-state index >= 15 is 0 Å². The SMILES string of the molecule is Cc1ncsc1C(C)NCCCC(C)C. The van der Waals surface area contributed by atoms with E-state index in [1.807, 2.05) is 5.51 Å². The van der Waals surface area contributed by atoms with Crippen molar-refractivity contribution in [2.24, 2.45) is 5.92 Å². The molecule has 3 heteroatoms. The van der Waals surface area contributed by atoms with Crippen molar-refractivity contribution in [3.8, 4) is 0 Å². The van der Waals surface area contributed by atoms with Gasteiger partial charge < -0.3 is 5.32 Å². The number of hydrogen-bond acceptors (Lipinski definition) is 3. The molecule has 86 valence electrons. The summed E-state index contributed by atoms with van der Waals surface area (Å²) in [5, 5.41) is 3.55. The van der Waals surface area contributed by atoms with E-state index < -0.39 is 0 Å². The summed E-state index contributed by atoms with van der Waals surface area (Å²) in [4.78, 5) is 5.65. The second-order valence-corrected chi connectivity index (χ2v) is 5.40. The van der Waals surface area contributed by atoms with E-state index in [0.717, 1.165) is 12.5 Å². The predicted molar refractivity (Wildman–Crippen MR) is 67.3 cm³/mol. The number of nitrogens with one attached hydrogen (secondary N) is 1. The van der Waals surface area contributed by atoms with Crippen molar-refractivity contribution in [1.29, 1.82) is 0 Å². The molecular formula is C12H22N2S. The van der Waals surface area contributed by atoms with Crippen LogP contribution in [0.4, 0.5) is 0 Å². The van der Waals surface area contributed by atoms with Gasteiger partial charge in [0.2, 0.25) is 0 Å². The van der Waals surface area contributed by atoms with Gasteiger partial charge in [-0.2, -0.15) is 0 Å². The molecule has 1 aromatic heterocycles. The molecule has 0 amide bonds. The molecule has 0 aliphatic heterocycles. The monoisotopic (exact) mass is 226 g/mol. The molecule has 1 atom stereocenters. The third-order valence-corrected chi connectivity index (χ3v) is 3.70. The number of nitrogens with zero attached hydrogens (tertiary/aromatic N) is 1. The molecule has 0 aliphatic rings. The molecule has 1 rings (SSSR count). The van der Waals surface area contributed by atoms with Crippen LogP contribution in [-0.4, -0.2) is 11.5 Å². The largest absolute Gasteiger partial charge is 0.309 e. The van der Waals surface area contributed by atoms with Gasteiger partial charge in [0, 0.05) is 10.9 Å². The van der Waals surface area contributed by atoms with E-state index in [0.29, 0.717) is 6.04 Å². The Hall–Kier alpha value is -0.410. The lowest BCUT2D eigenvalue weighted by Crippen LogP contribution is -2.20. The van der Waals surface area contributed by atoms with Crippen molar-refractivity contribution in [1.82, 2.24) is 10.3 Å². The Morgan fingerprint density at radius 2 is 2.13 bits per heavy atom. The summed E-state index contributed by atoms with van der Waals surface area (Å²) in [6.45, 7) is 9.96. The molecule has 1 aromatic rings. The first-order valence-corrected chi connectivity index (χ1v) is 6.62. The van der Waals surface area contributed by atoms with E-state index in [1.54, 1.807) is 11.3 Å². The molecule has 0 aromatic carbocycles. The fourth-order valence-electron chi connectivity index (χ4n) is 1.65. The minimum atomic E-state index is 0.449. The Balaban J connectivity index is 2.25. The maximum atomic E-state index is 4.27. The van der Waals surface area contributed by atoms with E-state index in [4.69, 9.17) is 0 Å². The Morgan fingerprint density at radius 3 is 2.67 bits per heavy atom. The van der Waals surface area contributed by atoms with Crippen molar-refractivity contribution < 1.29 is 0 Å². The molecule has 1 N–H and O–H groups in total. The van der Waals surface area contributed by atoms with Gasteiger partial charge in [0.25, 0.3) is 0 Å². The Labute approximate surface area is 97.1 Å². The van der Waals surface area contributed by atoms with Crippen LogP contribution in [0.3, 0.4) is 0 Å². The molecule has 1 unspecified atom stereocenters. The molecule has 0 aliphatic carbocycles. The number of hydrogen-bond donors (Lipinski definition) is 1. The van der Waals surface area contributed by atoms with E-state index in [1.165, 1.54) is 23.4 Å². The number of rotatable bonds is 6. The first-order chi connectivity index (χ1) is 7.11. The van der Waals surface area contributed by atoms with Gasteiger partial charge >= 0.3 is 0 Å². The summed E-state index contributed by atoms with van der Waals surface area (Å²) < 4.78 is 0. The first-order valence-electron chi connectivity index (χ1n) is 5.74. The van der Waals surface area contributed by atoms with Gasteiger partial charge in [-0.15, -0.1) is 11.3 Å². The van der Waals surface area contributed by atoms with Gasteiger partial charge in [0.15, 0.2) is 0 Å². The quantitative estimate of drug-likeness (QED) is 0.750. The van der Waals surface area contributed by atoms with Crippen molar-refractivity contribution in [2.75, 3.05) is 6.54 Å². The van der Waals surface area contributed by atoms with E-state index in [9.17, 15) is 0 Å². The smallest absolute Gasteiger partial charge is 0.0798 e. The zero-order valence-electron chi connectivity index (χ0n) is 10.2. The highest BCUT2D eigenvalue weighted by molar-refractivity contribution is 7.09. The molecule has 2 nitrogen and oxygen atoms in total. The summed E-state index contributed by atoms with van der Waals surface area (Å²) in [7, 11) is 0. The molecular weight excluding hydrogens is 204 g/mol. The number of aryl methyl sites for hydroxylation is 1. The molecule has 0 spiro atoms. The van der Waals surface area contributed by atoms with Crippen LogP contribution >= 0.6 is 11.3 Å². The molecule has 15 heavy (non-hydrogen) atoms. The van der Waals surface area contributed by atoms with Crippen LogP contribution in [0.1, 0.15) is 50.2 Å². The highest BCUT2D eigenvalue weighted by atomic mass is 32.1. The minimum Gasteiger partial charge on any atom is -0.309 e. The zero-order chi connectivity index (χ0) is 11.3. The maximum absolute atomic E-state index is 4.27. The van der Waals surface area contributed by atoms with Gasteiger partial charge in [0.05, 0.1) is 11.2 Å². The summed E-state index contributed by atoms with van der Waals surface area (Å²) in [6.07, 6.45) is 2.57. The van der Waals surface area contributed by atoms with Gasteiger partial charge in [-0.1, -0.05) is 13.8 Å². The van der Waals surface area contributed by atoms with Crippen molar-refractivity contribution in [3.63, 3.8) is 0 Å². The maximum Gasteiger partial charge on any atom is 0.0798 e. The van der Waals surface area contributed by atoms with Crippen LogP contribution in [0.15, 0.2) is 5.51 Å². The van der Waals surface area contributed by atoms with Gasteiger partial charge in [-0.3, -0.25) is 0 Å². The summed E-state index contributed by atoms with van der Waals surface area (Å²) in [5.74, 6) is 0.812. The molecule has 0 saturated heterocycles.